The van der Waals surface area contributed by atoms with E-state index in [1.165, 1.54) is 15.8 Å². The molecule has 2 saturated heterocycles. The summed E-state index contributed by atoms with van der Waals surface area (Å²) in [4.78, 5) is 37.5. The van der Waals surface area contributed by atoms with Gasteiger partial charge in [-0.05, 0) is 43.5 Å². The molecule has 0 aliphatic carbocycles. The number of rotatable bonds is 8. The van der Waals surface area contributed by atoms with Crippen molar-refractivity contribution < 1.29 is 39.1 Å². The van der Waals surface area contributed by atoms with Crippen LogP contribution < -0.4 is 15.5 Å². The molecule has 14 heteroatoms. The van der Waals surface area contributed by atoms with Gasteiger partial charge in [-0.1, -0.05) is 50.2 Å². The van der Waals surface area contributed by atoms with Crippen LogP contribution in [0.25, 0.3) is 0 Å². The van der Waals surface area contributed by atoms with Gasteiger partial charge in [0, 0.05) is 23.9 Å². The molecule has 0 bridgehead atoms. The molecule has 14 nitrogen and oxygen atoms in total. The number of aromatic nitrogens is 2. The highest BCUT2D eigenvalue weighted by Crippen LogP contribution is 2.42. The van der Waals surface area contributed by atoms with E-state index in [0.717, 1.165) is 12.8 Å². The number of fused-ring (bicyclic) bond motifs is 1. The first-order chi connectivity index (χ1) is 22.2. The van der Waals surface area contributed by atoms with E-state index >= 15 is 0 Å². The van der Waals surface area contributed by atoms with Crippen LogP contribution in [0.2, 0.25) is 0 Å². The van der Waals surface area contributed by atoms with Gasteiger partial charge in [0.25, 0.3) is 11.6 Å². The Kier molecular flexibility index (Phi) is 9.18. The maximum atomic E-state index is 14.6. The molecule has 2 unspecified atom stereocenters. The molecule has 244 valence electrons. The van der Waals surface area contributed by atoms with Crippen molar-refractivity contribution in [2.24, 2.45) is 10.9 Å². The number of hydrogen-bond donors (Lipinski definition) is 5. The van der Waals surface area contributed by atoms with Crippen LogP contribution in [0.4, 0.5) is 17.2 Å². The highest BCUT2D eigenvalue weighted by Gasteiger charge is 2.52. The van der Waals surface area contributed by atoms with Gasteiger partial charge in [0.05, 0.1) is 12.9 Å². The van der Waals surface area contributed by atoms with E-state index in [1.807, 2.05) is 0 Å². The number of carbonyl (C=O) groups is 2. The van der Waals surface area contributed by atoms with Crippen LogP contribution in [-0.2, 0) is 29.5 Å². The Bertz CT molecular complexity index is 1520. The Hall–Kier alpha value is -4.18. The van der Waals surface area contributed by atoms with Crippen LogP contribution in [0, 0.1) is 5.92 Å². The number of guanidine groups is 1. The molecule has 2 amide bonds. The highest BCUT2D eigenvalue weighted by atomic mass is 16.7. The van der Waals surface area contributed by atoms with Gasteiger partial charge in [0.1, 0.15) is 29.8 Å². The largest absolute Gasteiger partial charge is 0.394 e. The van der Waals surface area contributed by atoms with Gasteiger partial charge >= 0.3 is 0 Å². The number of nitrogens with one attached hydrogen (secondary N) is 2. The number of para-hydroxylation sites is 2. The summed E-state index contributed by atoms with van der Waals surface area (Å²) in [6.07, 6.45) is -1.20. The Balaban J connectivity index is 1.44. The zero-order valence-corrected chi connectivity index (χ0v) is 25.5. The molecule has 0 saturated carbocycles. The van der Waals surface area contributed by atoms with Gasteiger partial charge in [0.2, 0.25) is 11.9 Å². The summed E-state index contributed by atoms with van der Waals surface area (Å²) in [5.41, 5.74) is -1.88. The number of benzene rings is 2. The molecule has 0 radical (unpaired) electrons. The van der Waals surface area contributed by atoms with Crippen LogP contribution >= 0.6 is 0 Å². The van der Waals surface area contributed by atoms with Crippen LogP contribution in [0.15, 0.2) is 72.0 Å². The lowest BCUT2D eigenvalue weighted by atomic mass is 10.1. The SMILES string of the molecule is CC(C)C(=O)NC1=NC(O)(C(=O)N(c2ccccc2)c2ccccc2)c2ncn([C@@H]3O[C@H](CO)[C@@H](O)[C@H]3OC3CCCCO3)c2N1. The molecule has 3 aliphatic rings. The van der Waals surface area contributed by atoms with Gasteiger partial charge < -0.3 is 34.8 Å². The number of aliphatic imine (C=N–C) groups is 1. The summed E-state index contributed by atoms with van der Waals surface area (Å²) in [7, 11) is 0. The predicted octanol–water partition coefficient (Wildman–Crippen LogP) is 2.11. The fourth-order valence-electron chi connectivity index (χ4n) is 5.68. The van der Waals surface area contributed by atoms with Crippen LogP contribution in [0.3, 0.4) is 0 Å². The Morgan fingerprint density at radius 2 is 1.80 bits per heavy atom. The first kappa shape index (κ1) is 31.8. The molecule has 2 aromatic carbocycles. The topological polar surface area (TPSA) is 180 Å². The van der Waals surface area contributed by atoms with E-state index in [4.69, 9.17) is 14.2 Å². The number of aliphatic hydroxyl groups excluding tert-OH is 2. The highest BCUT2D eigenvalue weighted by molar-refractivity contribution is 6.11. The lowest BCUT2D eigenvalue weighted by molar-refractivity contribution is -0.215. The minimum Gasteiger partial charge on any atom is -0.394 e. The number of amides is 2. The maximum Gasteiger partial charge on any atom is 0.293 e. The summed E-state index contributed by atoms with van der Waals surface area (Å²) in [5.74, 6) is -1.85. The summed E-state index contributed by atoms with van der Waals surface area (Å²) >= 11 is 0. The van der Waals surface area contributed by atoms with Gasteiger partial charge in [-0.15, -0.1) is 0 Å². The van der Waals surface area contributed by atoms with Crippen molar-refractivity contribution >= 4 is 35.0 Å². The van der Waals surface area contributed by atoms with E-state index in [-0.39, 0.29) is 17.5 Å². The molecule has 5 N–H and O–H groups in total. The third-order valence-corrected chi connectivity index (χ3v) is 8.14. The lowest BCUT2D eigenvalue weighted by Gasteiger charge is -2.34. The quantitative estimate of drug-likeness (QED) is 0.246. The van der Waals surface area contributed by atoms with Crippen LogP contribution in [0.5, 0.6) is 0 Å². The zero-order valence-electron chi connectivity index (χ0n) is 25.5. The Morgan fingerprint density at radius 1 is 1.13 bits per heavy atom. The normalized spacial score (nSPS) is 27.4. The van der Waals surface area contributed by atoms with Crippen LogP contribution in [-0.4, -0.2) is 80.5 Å². The molecule has 0 spiro atoms. The van der Waals surface area contributed by atoms with Crippen molar-refractivity contribution in [3.63, 3.8) is 0 Å². The third kappa shape index (κ3) is 6.02. The number of hydrogen-bond acceptors (Lipinski definition) is 11. The second-order valence-electron chi connectivity index (χ2n) is 11.7. The minimum atomic E-state index is -2.63. The number of anilines is 3. The first-order valence-electron chi connectivity index (χ1n) is 15.3. The van der Waals surface area contributed by atoms with Gasteiger partial charge in [-0.3, -0.25) is 24.4 Å². The smallest absolute Gasteiger partial charge is 0.293 e. The van der Waals surface area contributed by atoms with Crippen molar-refractivity contribution in [1.82, 2.24) is 14.9 Å². The van der Waals surface area contributed by atoms with E-state index in [0.29, 0.717) is 24.4 Å². The Morgan fingerprint density at radius 3 is 2.39 bits per heavy atom. The molecular formula is C32H38N6O8. The molecule has 3 aromatic rings. The number of imidazole rings is 1. The monoisotopic (exact) mass is 634 g/mol. The maximum absolute atomic E-state index is 14.6. The number of nitrogens with zero attached hydrogens (tertiary/aromatic N) is 4. The van der Waals surface area contributed by atoms with E-state index < -0.39 is 60.9 Å². The van der Waals surface area contributed by atoms with Crippen molar-refractivity contribution in [3.05, 3.63) is 72.7 Å². The predicted molar refractivity (Wildman–Crippen MR) is 166 cm³/mol. The van der Waals surface area contributed by atoms with E-state index in [1.54, 1.807) is 74.5 Å². The summed E-state index contributed by atoms with van der Waals surface area (Å²) in [5, 5.41) is 39.0. The molecule has 46 heavy (non-hydrogen) atoms. The summed E-state index contributed by atoms with van der Waals surface area (Å²) in [6, 6.07) is 17.5. The fourth-order valence-corrected chi connectivity index (χ4v) is 5.68. The summed E-state index contributed by atoms with van der Waals surface area (Å²) < 4.78 is 19.4. The molecule has 6 atom stereocenters. The van der Waals surface area contributed by atoms with E-state index in [9.17, 15) is 24.9 Å². The minimum absolute atomic E-state index is 0.0694. The molecule has 3 aliphatic heterocycles. The molecular weight excluding hydrogens is 596 g/mol. The molecule has 2 fully saturated rings. The third-order valence-electron chi connectivity index (χ3n) is 8.14. The van der Waals surface area contributed by atoms with E-state index in [2.05, 4.69) is 20.6 Å². The zero-order chi connectivity index (χ0) is 32.4. The fraction of sp³-hybridized carbons (Fsp3) is 0.438. The number of aliphatic hydroxyl groups is 3. The lowest BCUT2D eigenvalue weighted by Crippen LogP contribution is -2.51. The molecule has 6 rings (SSSR count). The summed E-state index contributed by atoms with van der Waals surface area (Å²) in [6.45, 7) is 3.40. The Labute approximate surface area is 265 Å². The average molecular weight is 635 g/mol. The van der Waals surface area contributed by atoms with Crippen LogP contribution in [0.1, 0.15) is 45.0 Å². The number of carbonyl (C=O) groups excluding carboxylic acids is 2. The second-order valence-corrected chi connectivity index (χ2v) is 11.7. The van der Waals surface area contributed by atoms with Crippen molar-refractivity contribution in [2.75, 3.05) is 23.4 Å². The van der Waals surface area contributed by atoms with Gasteiger partial charge in [0.15, 0.2) is 12.5 Å². The van der Waals surface area contributed by atoms with Crippen molar-refractivity contribution in [1.29, 1.82) is 0 Å². The average Bonchev–Trinajstić information content (AvgIpc) is 3.63. The first-order valence-corrected chi connectivity index (χ1v) is 15.3. The molecule has 4 heterocycles. The number of ether oxygens (including phenoxy) is 3. The van der Waals surface area contributed by atoms with Gasteiger partial charge in [-0.25, -0.2) is 9.98 Å². The molecule has 1 aromatic heterocycles. The second kappa shape index (κ2) is 13.3. The van der Waals surface area contributed by atoms with Crippen molar-refractivity contribution in [3.8, 4) is 0 Å². The standard InChI is InChI=1S/C32H38N6O8/c1-19(2)28(41)35-31-34-27-26(32(43,36-31)30(42)38(20-11-5-3-6-12-20)21-13-7-4-8-14-21)33-18-37(27)29-25(24(40)22(17-39)45-29)46-23-15-9-10-16-44-23/h3-8,11-14,18-19,22-25,29,39-40,43H,9-10,15-17H2,1-2H3,(H2,34,35,36,41)/t22-,23?,24-,25-,29-,32?/m1/s1. The van der Waals surface area contributed by atoms with Crippen molar-refractivity contribution in [2.45, 2.75) is 69.7 Å². The van der Waals surface area contributed by atoms with Gasteiger partial charge in [-0.2, -0.15) is 0 Å².